The van der Waals surface area contributed by atoms with E-state index in [9.17, 15) is 0 Å². The van der Waals surface area contributed by atoms with E-state index in [2.05, 4.69) is 18.5 Å². The van der Waals surface area contributed by atoms with E-state index in [0.717, 1.165) is 32.5 Å². The van der Waals surface area contributed by atoms with Crippen molar-refractivity contribution in [1.29, 1.82) is 0 Å². The van der Waals surface area contributed by atoms with Gasteiger partial charge in [-0.15, -0.1) is 6.58 Å². The van der Waals surface area contributed by atoms with Gasteiger partial charge < -0.3 is 10.1 Å². The van der Waals surface area contributed by atoms with Gasteiger partial charge in [-0.1, -0.05) is 12.7 Å². The quantitative estimate of drug-likeness (QED) is 0.508. The third-order valence-electron chi connectivity index (χ3n) is 2.52. The Morgan fingerprint density at radius 3 is 2.50 bits per heavy atom. The van der Waals surface area contributed by atoms with Gasteiger partial charge in [0.25, 0.3) is 0 Å². The van der Waals surface area contributed by atoms with Gasteiger partial charge in [-0.3, -0.25) is 0 Å². The van der Waals surface area contributed by atoms with Crippen LogP contribution in [0.1, 0.15) is 12.8 Å². The van der Waals surface area contributed by atoms with Crippen LogP contribution in [-0.4, -0.2) is 19.7 Å². The van der Waals surface area contributed by atoms with E-state index in [1.165, 1.54) is 6.26 Å². The van der Waals surface area contributed by atoms with Crippen molar-refractivity contribution in [2.24, 2.45) is 5.41 Å². The molecule has 0 unspecified atom stereocenters. The summed E-state index contributed by atoms with van der Waals surface area (Å²) >= 11 is 0. The molecule has 0 aromatic heterocycles. The maximum atomic E-state index is 5.23. The van der Waals surface area contributed by atoms with E-state index in [1.54, 1.807) is 0 Å². The molecule has 0 saturated carbocycles. The highest BCUT2D eigenvalue weighted by Crippen LogP contribution is 2.30. The molecule has 0 bridgehead atoms. The maximum absolute atomic E-state index is 5.23. The fourth-order valence-electron chi connectivity index (χ4n) is 1.56. The molecule has 0 amide bonds. The average molecular weight is 167 g/mol. The number of hydrogen-bond donors (Lipinski definition) is 1. The van der Waals surface area contributed by atoms with Gasteiger partial charge in [0.1, 0.15) is 0 Å². The molecule has 0 aromatic carbocycles. The summed E-state index contributed by atoms with van der Waals surface area (Å²) in [6.07, 6.45) is 5.76. The first-order valence-corrected chi connectivity index (χ1v) is 4.40. The molecule has 12 heavy (non-hydrogen) atoms. The van der Waals surface area contributed by atoms with Gasteiger partial charge in [-0.05, 0) is 25.9 Å². The molecule has 1 N–H and O–H groups in total. The van der Waals surface area contributed by atoms with Crippen molar-refractivity contribution in [2.75, 3.05) is 19.7 Å². The summed E-state index contributed by atoms with van der Waals surface area (Å²) in [7, 11) is 0. The molecule has 1 aliphatic rings. The minimum absolute atomic E-state index is 0.180. The number of hydrogen-bond acceptors (Lipinski definition) is 2. The monoisotopic (exact) mass is 167 g/mol. The molecule has 1 rings (SSSR count). The summed E-state index contributed by atoms with van der Waals surface area (Å²) in [6.45, 7) is 10.3. The second-order valence-corrected chi connectivity index (χ2v) is 3.29. The van der Waals surface area contributed by atoms with Crippen molar-refractivity contribution in [2.45, 2.75) is 12.8 Å². The largest absolute Gasteiger partial charge is 0.501 e. The van der Waals surface area contributed by atoms with Crippen LogP contribution in [-0.2, 0) is 4.74 Å². The first-order valence-electron chi connectivity index (χ1n) is 4.40. The maximum Gasteiger partial charge on any atom is 0.0964 e. The Morgan fingerprint density at radius 1 is 1.33 bits per heavy atom. The van der Waals surface area contributed by atoms with Crippen molar-refractivity contribution in [3.8, 4) is 0 Å². The second-order valence-electron chi connectivity index (χ2n) is 3.29. The standard InChI is InChI=1S/C10H17NO/c1-3-10(9-12-4-2)5-7-11-8-6-10/h3-4,11H,1-2,5-9H2. The molecule has 2 heteroatoms. The van der Waals surface area contributed by atoms with Crippen molar-refractivity contribution in [1.82, 2.24) is 5.32 Å². The molecule has 2 nitrogen and oxygen atoms in total. The van der Waals surface area contributed by atoms with E-state index in [4.69, 9.17) is 4.74 Å². The Labute approximate surface area is 74.3 Å². The molecule has 1 fully saturated rings. The van der Waals surface area contributed by atoms with Crippen LogP contribution in [0.15, 0.2) is 25.5 Å². The molecule has 0 aromatic rings. The third kappa shape index (κ3) is 2.11. The fourth-order valence-corrected chi connectivity index (χ4v) is 1.56. The summed E-state index contributed by atoms with van der Waals surface area (Å²) in [5.41, 5.74) is 0.180. The zero-order valence-electron chi connectivity index (χ0n) is 7.51. The highest BCUT2D eigenvalue weighted by Gasteiger charge is 2.28. The SMILES string of the molecule is C=COCC1(C=C)CCNCC1. The molecule has 0 aliphatic carbocycles. The summed E-state index contributed by atoms with van der Waals surface area (Å²) in [6, 6.07) is 0. The van der Waals surface area contributed by atoms with Crippen molar-refractivity contribution in [3.63, 3.8) is 0 Å². The normalized spacial score (nSPS) is 21.3. The lowest BCUT2D eigenvalue weighted by molar-refractivity contribution is 0.117. The van der Waals surface area contributed by atoms with E-state index >= 15 is 0 Å². The molecule has 68 valence electrons. The van der Waals surface area contributed by atoms with Crippen LogP contribution in [0.2, 0.25) is 0 Å². The zero-order chi connectivity index (χ0) is 8.86. The van der Waals surface area contributed by atoms with E-state index in [1.807, 2.05) is 6.08 Å². The minimum Gasteiger partial charge on any atom is -0.501 e. The highest BCUT2D eigenvalue weighted by molar-refractivity contribution is 4.98. The zero-order valence-corrected chi connectivity index (χ0v) is 7.51. The fraction of sp³-hybridized carbons (Fsp3) is 0.600. The van der Waals surface area contributed by atoms with E-state index in [0.29, 0.717) is 0 Å². The molecule has 1 heterocycles. The van der Waals surface area contributed by atoms with Crippen LogP contribution < -0.4 is 5.32 Å². The highest BCUT2D eigenvalue weighted by atomic mass is 16.5. The van der Waals surface area contributed by atoms with Crippen LogP contribution in [0.25, 0.3) is 0 Å². The predicted molar refractivity (Wildman–Crippen MR) is 50.9 cm³/mol. The Balaban J connectivity index is 2.47. The molecule has 0 radical (unpaired) electrons. The second kappa shape index (κ2) is 4.31. The average Bonchev–Trinajstić information content (AvgIpc) is 2.16. The van der Waals surface area contributed by atoms with Gasteiger partial charge in [-0.2, -0.15) is 0 Å². The molecule has 1 saturated heterocycles. The van der Waals surface area contributed by atoms with Crippen molar-refractivity contribution >= 4 is 0 Å². The van der Waals surface area contributed by atoms with Crippen LogP contribution in [0.5, 0.6) is 0 Å². The molecule has 0 spiro atoms. The van der Waals surface area contributed by atoms with Gasteiger partial charge in [0.15, 0.2) is 0 Å². The Kier molecular flexibility index (Phi) is 3.35. The van der Waals surface area contributed by atoms with Crippen LogP contribution in [0, 0.1) is 5.41 Å². The number of nitrogens with one attached hydrogen (secondary N) is 1. The lowest BCUT2D eigenvalue weighted by atomic mass is 9.80. The summed E-state index contributed by atoms with van der Waals surface area (Å²) in [5.74, 6) is 0. The van der Waals surface area contributed by atoms with Gasteiger partial charge in [-0.25, -0.2) is 0 Å². The van der Waals surface area contributed by atoms with Gasteiger partial charge >= 0.3 is 0 Å². The summed E-state index contributed by atoms with van der Waals surface area (Å²) in [4.78, 5) is 0. The lowest BCUT2D eigenvalue weighted by Crippen LogP contribution is -2.38. The van der Waals surface area contributed by atoms with Crippen LogP contribution in [0.3, 0.4) is 0 Å². The Hall–Kier alpha value is -0.760. The van der Waals surface area contributed by atoms with Crippen LogP contribution in [0.4, 0.5) is 0 Å². The predicted octanol–water partition coefficient (Wildman–Crippen LogP) is 1.70. The number of rotatable bonds is 4. The molecule has 1 aliphatic heterocycles. The first-order chi connectivity index (χ1) is 5.83. The Bertz CT molecular complexity index is 159. The molecular formula is C10H17NO. The van der Waals surface area contributed by atoms with E-state index in [-0.39, 0.29) is 5.41 Å². The molecule has 0 atom stereocenters. The van der Waals surface area contributed by atoms with Gasteiger partial charge in [0.05, 0.1) is 12.9 Å². The number of ether oxygens (including phenoxy) is 1. The summed E-state index contributed by atoms with van der Waals surface area (Å²) < 4.78 is 5.23. The smallest absolute Gasteiger partial charge is 0.0964 e. The minimum atomic E-state index is 0.180. The van der Waals surface area contributed by atoms with E-state index < -0.39 is 0 Å². The Morgan fingerprint density at radius 2 is 2.00 bits per heavy atom. The number of piperidine rings is 1. The summed E-state index contributed by atoms with van der Waals surface area (Å²) in [5, 5.41) is 3.32. The molecular weight excluding hydrogens is 150 g/mol. The van der Waals surface area contributed by atoms with Crippen molar-refractivity contribution < 1.29 is 4.74 Å². The first kappa shape index (κ1) is 9.33. The lowest BCUT2D eigenvalue weighted by Gasteiger charge is -2.33. The van der Waals surface area contributed by atoms with Gasteiger partial charge in [0, 0.05) is 5.41 Å². The van der Waals surface area contributed by atoms with Gasteiger partial charge in [0.2, 0.25) is 0 Å². The van der Waals surface area contributed by atoms with Crippen LogP contribution >= 0.6 is 0 Å². The topological polar surface area (TPSA) is 21.3 Å². The van der Waals surface area contributed by atoms with Crippen molar-refractivity contribution in [3.05, 3.63) is 25.5 Å². The third-order valence-corrected chi connectivity index (χ3v) is 2.52.